The van der Waals surface area contributed by atoms with Gasteiger partial charge >= 0.3 is 6.03 Å². The average molecular weight is 378 g/mol. The quantitative estimate of drug-likeness (QED) is 0.871. The maximum Gasteiger partial charge on any atom is 0.322 e. The van der Waals surface area contributed by atoms with Crippen LogP contribution in [-0.4, -0.2) is 53.0 Å². The van der Waals surface area contributed by atoms with Crippen LogP contribution in [0.3, 0.4) is 0 Å². The lowest BCUT2D eigenvalue weighted by Crippen LogP contribution is -2.31. The third kappa shape index (κ3) is 3.11. The lowest BCUT2D eigenvalue weighted by atomic mass is 10.0. The molecule has 28 heavy (non-hydrogen) atoms. The highest BCUT2D eigenvalue weighted by atomic mass is 16.5. The molecule has 4 heterocycles. The highest BCUT2D eigenvalue weighted by Gasteiger charge is 2.39. The first-order chi connectivity index (χ1) is 13.7. The van der Waals surface area contributed by atoms with Crippen LogP contribution in [0.15, 0.2) is 42.7 Å². The fourth-order valence-electron chi connectivity index (χ4n) is 4.30. The molecule has 2 saturated heterocycles. The van der Waals surface area contributed by atoms with Crippen LogP contribution in [0.25, 0.3) is 0 Å². The van der Waals surface area contributed by atoms with Crippen molar-refractivity contribution in [3.05, 3.63) is 59.4 Å². The van der Waals surface area contributed by atoms with Crippen molar-refractivity contribution >= 4 is 17.6 Å². The standard InChI is InChI=1S/C21H22N4O3/c26-20(24-10-17-12-28-13-18(17)11-24)14-1-3-19(4-2-14)23-21(27)25-8-15-5-6-22-7-16(15)9-25/h1-7,17-18H,8-13H2,(H,23,27). The van der Waals surface area contributed by atoms with E-state index in [0.717, 1.165) is 37.4 Å². The van der Waals surface area contributed by atoms with Crippen LogP contribution in [0, 0.1) is 11.8 Å². The Bertz CT molecular complexity index is 877. The van der Waals surface area contributed by atoms with E-state index in [1.165, 1.54) is 0 Å². The van der Waals surface area contributed by atoms with Gasteiger partial charge in [-0.1, -0.05) is 0 Å². The number of anilines is 1. The summed E-state index contributed by atoms with van der Waals surface area (Å²) in [6.45, 7) is 4.21. The first-order valence-electron chi connectivity index (χ1n) is 9.62. The maximum absolute atomic E-state index is 12.7. The molecular formula is C21H22N4O3. The number of amides is 3. The monoisotopic (exact) mass is 378 g/mol. The van der Waals surface area contributed by atoms with Crippen molar-refractivity contribution in [2.75, 3.05) is 31.6 Å². The largest absolute Gasteiger partial charge is 0.381 e. The molecule has 3 amide bonds. The van der Waals surface area contributed by atoms with Gasteiger partial charge in [-0.05, 0) is 41.5 Å². The summed E-state index contributed by atoms with van der Waals surface area (Å²) < 4.78 is 5.48. The van der Waals surface area contributed by atoms with Gasteiger partial charge < -0.3 is 19.9 Å². The smallest absolute Gasteiger partial charge is 0.322 e. The summed E-state index contributed by atoms with van der Waals surface area (Å²) in [6, 6.07) is 8.94. The molecule has 1 aromatic heterocycles. The van der Waals surface area contributed by atoms with Crippen LogP contribution in [0.4, 0.5) is 10.5 Å². The number of fused-ring (bicyclic) bond motifs is 2. The third-order valence-electron chi connectivity index (χ3n) is 5.92. The van der Waals surface area contributed by atoms with Gasteiger partial charge in [0.1, 0.15) is 0 Å². The summed E-state index contributed by atoms with van der Waals surface area (Å²) in [4.78, 5) is 33.0. The second kappa shape index (κ2) is 6.91. The molecule has 0 bridgehead atoms. The van der Waals surface area contributed by atoms with Crippen molar-refractivity contribution in [1.82, 2.24) is 14.8 Å². The van der Waals surface area contributed by atoms with E-state index in [2.05, 4.69) is 10.3 Å². The topological polar surface area (TPSA) is 74.8 Å². The molecule has 0 aliphatic carbocycles. The number of rotatable bonds is 2. The minimum Gasteiger partial charge on any atom is -0.381 e. The van der Waals surface area contributed by atoms with Gasteiger partial charge in [0, 0.05) is 61.7 Å². The van der Waals surface area contributed by atoms with Crippen molar-refractivity contribution in [3.63, 3.8) is 0 Å². The van der Waals surface area contributed by atoms with Gasteiger partial charge in [0.15, 0.2) is 0 Å². The molecule has 7 nitrogen and oxygen atoms in total. The van der Waals surface area contributed by atoms with Gasteiger partial charge in [-0.3, -0.25) is 9.78 Å². The highest BCUT2D eigenvalue weighted by Crippen LogP contribution is 2.30. The molecule has 5 rings (SSSR count). The van der Waals surface area contributed by atoms with Crippen LogP contribution in [-0.2, 0) is 17.8 Å². The first-order valence-corrected chi connectivity index (χ1v) is 9.62. The zero-order valence-corrected chi connectivity index (χ0v) is 15.5. The predicted molar refractivity (Wildman–Crippen MR) is 103 cm³/mol. The van der Waals surface area contributed by atoms with Crippen molar-refractivity contribution < 1.29 is 14.3 Å². The number of hydrogen-bond donors (Lipinski definition) is 1. The number of nitrogens with zero attached hydrogens (tertiary/aromatic N) is 3. The zero-order chi connectivity index (χ0) is 19.1. The van der Waals surface area contributed by atoms with Crippen LogP contribution >= 0.6 is 0 Å². The van der Waals surface area contributed by atoms with Crippen molar-refractivity contribution in [1.29, 1.82) is 0 Å². The molecule has 0 saturated carbocycles. The highest BCUT2D eigenvalue weighted by molar-refractivity contribution is 5.95. The van der Waals surface area contributed by atoms with Gasteiger partial charge in [-0.25, -0.2) is 4.79 Å². The summed E-state index contributed by atoms with van der Waals surface area (Å²) in [5.41, 5.74) is 3.55. The SMILES string of the molecule is O=C(Nc1ccc(C(=O)N2CC3COCC3C2)cc1)N1Cc2ccncc2C1. The number of aromatic nitrogens is 1. The van der Waals surface area contributed by atoms with E-state index >= 15 is 0 Å². The van der Waals surface area contributed by atoms with Crippen molar-refractivity contribution in [2.45, 2.75) is 13.1 Å². The maximum atomic E-state index is 12.7. The molecule has 144 valence electrons. The molecule has 0 spiro atoms. The average Bonchev–Trinajstić information content (AvgIpc) is 3.42. The fraction of sp³-hybridized carbons (Fsp3) is 0.381. The van der Waals surface area contributed by atoms with Crippen LogP contribution in [0.1, 0.15) is 21.5 Å². The number of urea groups is 1. The molecule has 2 fully saturated rings. The molecule has 7 heteroatoms. The number of carbonyl (C=O) groups excluding carboxylic acids is 2. The Hall–Kier alpha value is -2.93. The number of pyridine rings is 1. The Kier molecular flexibility index (Phi) is 4.24. The summed E-state index contributed by atoms with van der Waals surface area (Å²) in [5.74, 6) is 0.999. The normalized spacial score (nSPS) is 22.9. The molecule has 3 aliphatic heterocycles. The summed E-state index contributed by atoms with van der Waals surface area (Å²) >= 11 is 0. The minimum absolute atomic E-state index is 0.0507. The minimum atomic E-state index is -0.150. The Balaban J connectivity index is 1.20. The predicted octanol–water partition coefficient (Wildman–Crippen LogP) is 2.35. The molecular weight excluding hydrogens is 356 g/mol. The van der Waals surface area contributed by atoms with Gasteiger partial charge in [0.25, 0.3) is 5.91 Å². The van der Waals surface area contributed by atoms with Gasteiger partial charge in [0.2, 0.25) is 0 Å². The van der Waals surface area contributed by atoms with E-state index in [4.69, 9.17) is 4.74 Å². The summed E-state index contributed by atoms with van der Waals surface area (Å²) in [6.07, 6.45) is 3.55. The summed E-state index contributed by atoms with van der Waals surface area (Å²) in [7, 11) is 0. The summed E-state index contributed by atoms with van der Waals surface area (Å²) in [5, 5.41) is 2.91. The lowest BCUT2D eigenvalue weighted by molar-refractivity contribution is 0.0751. The molecule has 0 radical (unpaired) electrons. The first kappa shape index (κ1) is 17.2. The number of benzene rings is 1. The van der Waals surface area contributed by atoms with E-state index in [9.17, 15) is 9.59 Å². The molecule has 2 atom stereocenters. The second-order valence-corrected chi connectivity index (χ2v) is 7.78. The Morgan fingerprint density at radius 2 is 1.68 bits per heavy atom. The van der Waals surface area contributed by atoms with Gasteiger partial charge in [0.05, 0.1) is 13.2 Å². The second-order valence-electron chi connectivity index (χ2n) is 7.78. The number of ether oxygens (including phenoxy) is 1. The third-order valence-corrected chi connectivity index (χ3v) is 5.92. The Morgan fingerprint density at radius 3 is 2.39 bits per heavy atom. The van der Waals surface area contributed by atoms with E-state index in [1.807, 2.05) is 17.2 Å². The molecule has 2 aromatic rings. The number of hydrogen-bond acceptors (Lipinski definition) is 4. The molecule has 1 N–H and O–H groups in total. The number of likely N-dealkylation sites (tertiary alicyclic amines) is 1. The molecule has 3 aliphatic rings. The van der Waals surface area contributed by atoms with Gasteiger partial charge in [-0.15, -0.1) is 0 Å². The van der Waals surface area contributed by atoms with E-state index < -0.39 is 0 Å². The van der Waals surface area contributed by atoms with Gasteiger partial charge in [-0.2, -0.15) is 0 Å². The van der Waals surface area contributed by atoms with Crippen LogP contribution in [0.5, 0.6) is 0 Å². The van der Waals surface area contributed by atoms with Crippen LogP contribution in [0.2, 0.25) is 0 Å². The molecule has 1 aromatic carbocycles. The van der Waals surface area contributed by atoms with E-state index in [0.29, 0.717) is 36.2 Å². The lowest BCUT2D eigenvalue weighted by Gasteiger charge is -2.18. The zero-order valence-electron chi connectivity index (χ0n) is 15.5. The van der Waals surface area contributed by atoms with Crippen LogP contribution < -0.4 is 5.32 Å². The number of nitrogens with one attached hydrogen (secondary N) is 1. The van der Waals surface area contributed by atoms with E-state index in [-0.39, 0.29) is 11.9 Å². The Labute approximate surface area is 163 Å². The Morgan fingerprint density at radius 1 is 0.964 bits per heavy atom. The fourth-order valence-corrected chi connectivity index (χ4v) is 4.30. The molecule has 2 unspecified atom stereocenters. The van der Waals surface area contributed by atoms with Crippen molar-refractivity contribution in [3.8, 4) is 0 Å². The van der Waals surface area contributed by atoms with Crippen molar-refractivity contribution in [2.24, 2.45) is 11.8 Å². The number of carbonyl (C=O) groups is 2. The van der Waals surface area contributed by atoms with E-state index in [1.54, 1.807) is 35.4 Å².